The van der Waals surface area contributed by atoms with Crippen molar-refractivity contribution < 1.29 is 13.6 Å². The number of hydrogen-bond donors (Lipinski definition) is 1. The van der Waals surface area contributed by atoms with Crippen molar-refractivity contribution in [3.63, 3.8) is 0 Å². The fraction of sp³-hybridized carbons (Fsp3) is 0. The van der Waals surface area contributed by atoms with E-state index in [9.17, 15) is 13.6 Å². The Morgan fingerprint density at radius 2 is 1.84 bits per heavy atom. The Hall–Kier alpha value is -1.46. The van der Waals surface area contributed by atoms with E-state index in [1.165, 1.54) is 12.1 Å². The van der Waals surface area contributed by atoms with Crippen LogP contribution >= 0.6 is 27.5 Å². The Labute approximate surface area is 121 Å². The molecule has 0 fully saturated rings. The van der Waals surface area contributed by atoms with Crippen molar-refractivity contribution in [1.29, 1.82) is 0 Å². The second-order valence-corrected chi connectivity index (χ2v) is 5.11. The monoisotopic (exact) mass is 345 g/mol. The number of nitrogens with two attached hydrogens (primary N) is 1. The zero-order valence-electron chi connectivity index (χ0n) is 9.38. The predicted molar refractivity (Wildman–Crippen MR) is 73.4 cm³/mol. The summed E-state index contributed by atoms with van der Waals surface area (Å²) in [6.07, 6.45) is 0. The van der Waals surface area contributed by atoms with Crippen molar-refractivity contribution in [2.45, 2.75) is 0 Å². The highest BCUT2D eigenvalue weighted by Crippen LogP contribution is 2.27. The lowest BCUT2D eigenvalue weighted by atomic mass is 10.0. The molecule has 0 radical (unpaired) electrons. The topological polar surface area (TPSA) is 43.1 Å². The van der Waals surface area contributed by atoms with Gasteiger partial charge >= 0.3 is 0 Å². The first kappa shape index (κ1) is 14.0. The Morgan fingerprint density at radius 1 is 1.16 bits per heavy atom. The Morgan fingerprint density at radius 3 is 2.47 bits per heavy atom. The Bertz CT molecular complexity index is 656. The van der Waals surface area contributed by atoms with Crippen molar-refractivity contribution in [2.75, 3.05) is 5.73 Å². The molecule has 98 valence electrons. The number of carbonyl (C=O) groups is 1. The molecule has 0 atom stereocenters. The number of carbonyl (C=O) groups excluding carboxylic acids is 1. The van der Waals surface area contributed by atoms with Gasteiger partial charge in [-0.3, -0.25) is 4.79 Å². The van der Waals surface area contributed by atoms with Gasteiger partial charge in [-0.2, -0.15) is 0 Å². The molecule has 2 rings (SSSR count). The number of rotatable bonds is 2. The lowest BCUT2D eigenvalue weighted by molar-refractivity contribution is 0.103. The first-order valence-corrected chi connectivity index (χ1v) is 6.31. The number of anilines is 1. The maximum atomic E-state index is 13.7. The van der Waals surface area contributed by atoms with Gasteiger partial charge in [-0.1, -0.05) is 11.6 Å². The molecule has 2 N–H and O–H groups in total. The lowest BCUT2D eigenvalue weighted by Gasteiger charge is -2.06. The van der Waals surface area contributed by atoms with E-state index in [2.05, 4.69) is 15.9 Å². The third kappa shape index (κ3) is 2.93. The van der Waals surface area contributed by atoms with Gasteiger partial charge in [-0.25, -0.2) is 8.78 Å². The summed E-state index contributed by atoms with van der Waals surface area (Å²) in [6.45, 7) is 0. The van der Waals surface area contributed by atoms with Crippen molar-refractivity contribution in [3.05, 3.63) is 62.6 Å². The number of hydrogen-bond acceptors (Lipinski definition) is 2. The molecule has 2 nitrogen and oxygen atoms in total. The van der Waals surface area contributed by atoms with Crippen LogP contribution in [-0.4, -0.2) is 5.78 Å². The minimum Gasteiger partial charge on any atom is -0.399 e. The Balaban J connectivity index is 2.53. The molecule has 0 spiro atoms. The van der Waals surface area contributed by atoms with Gasteiger partial charge in [0, 0.05) is 15.7 Å². The molecule has 2 aromatic carbocycles. The van der Waals surface area contributed by atoms with Gasteiger partial charge < -0.3 is 5.73 Å². The van der Waals surface area contributed by atoms with E-state index in [-0.39, 0.29) is 21.8 Å². The Kier molecular flexibility index (Phi) is 3.87. The van der Waals surface area contributed by atoms with Crippen molar-refractivity contribution in [1.82, 2.24) is 0 Å². The van der Waals surface area contributed by atoms with Crippen LogP contribution in [0.1, 0.15) is 15.9 Å². The first-order valence-electron chi connectivity index (χ1n) is 5.14. The third-order valence-electron chi connectivity index (χ3n) is 2.44. The third-order valence-corrected chi connectivity index (χ3v) is 3.63. The number of nitrogen functional groups attached to an aromatic ring is 1. The number of halogens is 4. The summed E-state index contributed by atoms with van der Waals surface area (Å²) < 4.78 is 27.3. The minimum atomic E-state index is -0.746. The smallest absolute Gasteiger partial charge is 0.196 e. The van der Waals surface area contributed by atoms with Crippen LogP contribution in [0.4, 0.5) is 14.5 Å². The van der Waals surface area contributed by atoms with E-state index in [1.54, 1.807) is 0 Å². The van der Waals surface area contributed by atoms with Crippen LogP contribution in [0.25, 0.3) is 0 Å². The van der Waals surface area contributed by atoms with Crippen LogP contribution in [-0.2, 0) is 0 Å². The second kappa shape index (κ2) is 5.27. The van der Waals surface area contributed by atoms with Gasteiger partial charge in [0.05, 0.1) is 10.6 Å². The molecule has 0 aromatic heterocycles. The molecule has 0 unspecified atom stereocenters. The van der Waals surface area contributed by atoms with Gasteiger partial charge in [0.2, 0.25) is 0 Å². The van der Waals surface area contributed by atoms with Crippen LogP contribution in [0.15, 0.2) is 34.8 Å². The maximum absolute atomic E-state index is 13.7. The average Bonchev–Trinajstić information content (AvgIpc) is 2.31. The molecule has 6 heteroatoms. The van der Waals surface area contributed by atoms with Crippen molar-refractivity contribution in [3.8, 4) is 0 Å². The van der Waals surface area contributed by atoms with Gasteiger partial charge in [-0.15, -0.1) is 0 Å². The minimum absolute atomic E-state index is 0.0326. The summed E-state index contributed by atoms with van der Waals surface area (Å²) in [5, 5.41) is 0.189. The van der Waals surface area contributed by atoms with Gasteiger partial charge in [0.1, 0.15) is 11.6 Å². The SMILES string of the molecule is Nc1cc(F)cc(C(=O)c2cc(Cl)c(Br)cc2F)c1. The van der Waals surface area contributed by atoms with E-state index in [0.717, 1.165) is 18.2 Å². The fourth-order valence-electron chi connectivity index (χ4n) is 1.60. The molecular formula is C13H7BrClF2NO. The standard InChI is InChI=1S/C13H7BrClF2NO/c14-10-5-12(17)9(4-11(10)15)13(19)6-1-7(16)3-8(18)2-6/h1-5H,18H2. The van der Waals surface area contributed by atoms with Crippen LogP contribution in [0.3, 0.4) is 0 Å². The van der Waals surface area contributed by atoms with Gasteiger partial charge in [0.15, 0.2) is 5.78 Å². The number of ketones is 1. The summed E-state index contributed by atoms with van der Waals surface area (Å²) in [6, 6.07) is 5.61. The molecule has 0 heterocycles. The van der Waals surface area contributed by atoms with E-state index >= 15 is 0 Å². The summed E-state index contributed by atoms with van der Waals surface area (Å²) in [5.41, 5.74) is 5.27. The van der Waals surface area contributed by atoms with E-state index in [1.807, 2.05) is 0 Å². The molecule has 0 aliphatic carbocycles. The molecule has 0 amide bonds. The highest BCUT2D eigenvalue weighted by Gasteiger charge is 2.17. The normalized spacial score (nSPS) is 10.5. The van der Waals surface area contributed by atoms with Crippen molar-refractivity contribution >= 4 is 39.0 Å². The van der Waals surface area contributed by atoms with Crippen LogP contribution < -0.4 is 5.73 Å². The second-order valence-electron chi connectivity index (χ2n) is 3.85. The predicted octanol–water partition coefficient (Wildman–Crippen LogP) is 4.19. The van der Waals surface area contributed by atoms with Gasteiger partial charge in [-0.05, 0) is 46.3 Å². The zero-order valence-corrected chi connectivity index (χ0v) is 11.7. The molecule has 0 bridgehead atoms. The zero-order chi connectivity index (χ0) is 14.2. The average molecular weight is 347 g/mol. The summed E-state index contributed by atoms with van der Waals surface area (Å²) >= 11 is 8.86. The molecule has 0 saturated heterocycles. The van der Waals surface area contributed by atoms with Crippen LogP contribution in [0.5, 0.6) is 0 Å². The first-order chi connectivity index (χ1) is 8.88. The largest absolute Gasteiger partial charge is 0.399 e. The number of benzene rings is 2. The maximum Gasteiger partial charge on any atom is 0.196 e. The highest BCUT2D eigenvalue weighted by molar-refractivity contribution is 9.10. The van der Waals surface area contributed by atoms with Crippen LogP contribution in [0.2, 0.25) is 5.02 Å². The van der Waals surface area contributed by atoms with Crippen molar-refractivity contribution in [2.24, 2.45) is 0 Å². The summed E-state index contributed by atoms with van der Waals surface area (Å²) in [5.74, 6) is -2.09. The molecule has 0 aliphatic rings. The molecular weight excluding hydrogens is 340 g/mol. The van der Waals surface area contributed by atoms with E-state index < -0.39 is 17.4 Å². The van der Waals surface area contributed by atoms with Gasteiger partial charge in [0.25, 0.3) is 0 Å². The molecule has 2 aromatic rings. The highest BCUT2D eigenvalue weighted by atomic mass is 79.9. The molecule has 0 saturated carbocycles. The quantitative estimate of drug-likeness (QED) is 0.503. The van der Waals surface area contributed by atoms with Crippen LogP contribution in [0, 0.1) is 11.6 Å². The van der Waals surface area contributed by atoms with E-state index in [0.29, 0.717) is 4.47 Å². The lowest BCUT2D eigenvalue weighted by Crippen LogP contribution is -2.06. The molecule has 0 aliphatic heterocycles. The summed E-state index contributed by atoms with van der Waals surface area (Å²) in [7, 11) is 0. The summed E-state index contributed by atoms with van der Waals surface area (Å²) in [4.78, 5) is 12.1. The fourth-order valence-corrected chi connectivity index (χ4v) is 2.07. The van der Waals surface area contributed by atoms with E-state index in [4.69, 9.17) is 17.3 Å². The molecule has 19 heavy (non-hydrogen) atoms.